The molecule has 0 atom stereocenters. The van der Waals surface area contributed by atoms with Gasteiger partial charge in [0.15, 0.2) is 0 Å². The molecular weight excluding hydrogens is 342 g/mol. The van der Waals surface area contributed by atoms with E-state index >= 15 is 0 Å². The summed E-state index contributed by atoms with van der Waals surface area (Å²) >= 11 is 2.86. The molecule has 2 rings (SSSR count). The molecule has 0 spiro atoms. The largest absolute Gasteiger partial charge is 0.323 e. The molecule has 1 N–H and O–H groups in total. The van der Waals surface area contributed by atoms with Gasteiger partial charge in [-0.25, -0.2) is 8.78 Å². The average molecular weight is 351 g/mol. The van der Waals surface area contributed by atoms with Crippen molar-refractivity contribution >= 4 is 27.5 Å². The number of anilines is 1. The highest BCUT2D eigenvalue weighted by atomic mass is 79.9. The van der Waals surface area contributed by atoms with Crippen molar-refractivity contribution in [3.8, 4) is 6.07 Å². The third kappa shape index (κ3) is 3.86. The fraction of sp³-hybridized carbons (Fsp3) is 0.0667. The van der Waals surface area contributed by atoms with Crippen LogP contribution in [0.5, 0.6) is 0 Å². The summed E-state index contributed by atoms with van der Waals surface area (Å²) in [5.41, 5.74) is 0.944. The van der Waals surface area contributed by atoms with Gasteiger partial charge in [0.05, 0.1) is 28.2 Å². The average Bonchev–Trinajstić information content (AvgIpc) is 2.45. The molecule has 0 saturated carbocycles. The summed E-state index contributed by atoms with van der Waals surface area (Å²) in [6.07, 6.45) is 0.00281. The number of nitrogens with one attached hydrogen (secondary N) is 1. The van der Waals surface area contributed by atoms with Gasteiger partial charge in [0.2, 0.25) is 5.91 Å². The Morgan fingerprint density at radius 2 is 1.86 bits per heavy atom. The van der Waals surface area contributed by atoms with E-state index in [1.54, 1.807) is 24.3 Å². The number of hydrogen-bond acceptors (Lipinski definition) is 2. The van der Waals surface area contributed by atoms with Crippen LogP contribution in [-0.2, 0) is 11.2 Å². The van der Waals surface area contributed by atoms with E-state index in [9.17, 15) is 13.6 Å². The van der Waals surface area contributed by atoms with Gasteiger partial charge in [-0.15, -0.1) is 0 Å². The Bertz CT molecular complexity index is 724. The summed E-state index contributed by atoms with van der Waals surface area (Å²) in [5, 5.41) is 11.0. The molecule has 0 fully saturated rings. The van der Waals surface area contributed by atoms with Crippen molar-refractivity contribution in [3.63, 3.8) is 0 Å². The zero-order valence-corrected chi connectivity index (χ0v) is 12.2. The molecule has 0 unspecified atom stereocenters. The number of hydrogen-bond donors (Lipinski definition) is 1. The van der Waals surface area contributed by atoms with E-state index in [1.165, 1.54) is 0 Å². The Hall–Kier alpha value is -2.26. The molecular formula is C15H9BrF2N2O. The van der Waals surface area contributed by atoms with Gasteiger partial charge in [0.25, 0.3) is 0 Å². The van der Waals surface area contributed by atoms with E-state index in [4.69, 9.17) is 5.26 Å². The van der Waals surface area contributed by atoms with E-state index in [1.807, 2.05) is 6.07 Å². The normalized spacial score (nSPS) is 10.0. The molecule has 3 nitrogen and oxygen atoms in total. The van der Waals surface area contributed by atoms with E-state index in [0.29, 0.717) is 11.1 Å². The standard InChI is InChI=1S/C15H9BrF2N2O/c16-11-6-13(18)14(7-12(11)17)20-15(21)5-9-1-3-10(8-19)4-2-9/h1-4,6-7H,5H2,(H,20,21). The van der Waals surface area contributed by atoms with Gasteiger partial charge in [-0.05, 0) is 39.7 Å². The number of carbonyl (C=O) groups is 1. The Morgan fingerprint density at radius 3 is 2.48 bits per heavy atom. The first kappa shape index (κ1) is 15.1. The summed E-state index contributed by atoms with van der Waals surface area (Å²) in [6, 6.07) is 10.3. The molecule has 0 saturated heterocycles. The minimum absolute atomic E-state index is 0.00281. The smallest absolute Gasteiger partial charge is 0.228 e. The van der Waals surface area contributed by atoms with Crippen molar-refractivity contribution in [2.75, 3.05) is 5.32 Å². The first-order valence-corrected chi connectivity index (χ1v) is 6.72. The number of amides is 1. The first-order valence-electron chi connectivity index (χ1n) is 5.93. The molecule has 0 aliphatic heterocycles. The van der Waals surface area contributed by atoms with Crippen LogP contribution in [0.2, 0.25) is 0 Å². The SMILES string of the molecule is N#Cc1ccc(CC(=O)Nc2cc(F)c(Br)cc2F)cc1. The number of rotatable bonds is 3. The van der Waals surface area contributed by atoms with E-state index < -0.39 is 17.5 Å². The number of nitrogens with zero attached hydrogens (tertiary/aromatic N) is 1. The lowest BCUT2D eigenvalue weighted by molar-refractivity contribution is -0.115. The van der Waals surface area contributed by atoms with Crippen LogP contribution in [0.25, 0.3) is 0 Å². The van der Waals surface area contributed by atoms with Crippen molar-refractivity contribution in [3.05, 3.63) is 63.6 Å². The fourth-order valence-electron chi connectivity index (χ4n) is 1.70. The Balaban J connectivity index is 2.08. The highest BCUT2D eigenvalue weighted by molar-refractivity contribution is 9.10. The minimum Gasteiger partial charge on any atom is -0.323 e. The lowest BCUT2D eigenvalue weighted by Gasteiger charge is -2.07. The lowest BCUT2D eigenvalue weighted by atomic mass is 10.1. The maximum atomic E-state index is 13.6. The zero-order valence-electron chi connectivity index (χ0n) is 10.7. The van der Waals surface area contributed by atoms with Gasteiger partial charge in [0.1, 0.15) is 11.6 Å². The molecule has 0 aromatic heterocycles. The Morgan fingerprint density at radius 1 is 1.19 bits per heavy atom. The van der Waals surface area contributed by atoms with Crippen LogP contribution in [0.3, 0.4) is 0 Å². The second kappa shape index (κ2) is 6.46. The van der Waals surface area contributed by atoms with Gasteiger partial charge in [-0.2, -0.15) is 5.26 Å². The maximum absolute atomic E-state index is 13.6. The van der Waals surface area contributed by atoms with Gasteiger partial charge < -0.3 is 5.32 Å². The molecule has 2 aromatic rings. The molecule has 6 heteroatoms. The quantitative estimate of drug-likeness (QED) is 0.856. The highest BCUT2D eigenvalue weighted by Gasteiger charge is 2.11. The van der Waals surface area contributed by atoms with Crippen molar-refractivity contribution in [1.82, 2.24) is 0 Å². The topological polar surface area (TPSA) is 52.9 Å². The number of halogens is 3. The summed E-state index contributed by atoms with van der Waals surface area (Å²) < 4.78 is 26.9. The van der Waals surface area contributed by atoms with Crippen molar-refractivity contribution in [1.29, 1.82) is 5.26 Å². The van der Waals surface area contributed by atoms with Crippen molar-refractivity contribution in [2.45, 2.75) is 6.42 Å². The Kier molecular flexibility index (Phi) is 4.66. The molecule has 21 heavy (non-hydrogen) atoms. The zero-order chi connectivity index (χ0) is 15.4. The van der Waals surface area contributed by atoms with Gasteiger partial charge >= 0.3 is 0 Å². The van der Waals surface area contributed by atoms with Gasteiger partial charge in [-0.1, -0.05) is 12.1 Å². The number of benzene rings is 2. The van der Waals surface area contributed by atoms with Crippen LogP contribution in [0, 0.1) is 23.0 Å². The highest BCUT2D eigenvalue weighted by Crippen LogP contribution is 2.23. The number of carbonyl (C=O) groups excluding carboxylic acids is 1. The van der Waals surface area contributed by atoms with E-state index in [0.717, 1.165) is 12.1 Å². The second-order valence-corrected chi connectivity index (χ2v) is 5.13. The van der Waals surface area contributed by atoms with Crippen LogP contribution in [0.1, 0.15) is 11.1 Å². The molecule has 1 amide bonds. The van der Waals surface area contributed by atoms with Gasteiger partial charge in [-0.3, -0.25) is 4.79 Å². The predicted octanol–water partition coefficient (Wildman–Crippen LogP) is 3.78. The predicted molar refractivity (Wildman–Crippen MR) is 77.5 cm³/mol. The fourth-order valence-corrected chi connectivity index (χ4v) is 2.01. The lowest BCUT2D eigenvalue weighted by Crippen LogP contribution is -2.15. The van der Waals surface area contributed by atoms with E-state index in [2.05, 4.69) is 21.2 Å². The van der Waals surface area contributed by atoms with Crippen LogP contribution in [0.4, 0.5) is 14.5 Å². The summed E-state index contributed by atoms with van der Waals surface area (Å²) in [5.74, 6) is -1.86. The number of nitriles is 1. The molecule has 0 radical (unpaired) electrons. The summed E-state index contributed by atoms with van der Waals surface area (Å²) in [7, 11) is 0. The van der Waals surface area contributed by atoms with Crippen molar-refractivity contribution < 1.29 is 13.6 Å². The van der Waals surface area contributed by atoms with Crippen molar-refractivity contribution in [2.24, 2.45) is 0 Å². The molecule has 0 aliphatic carbocycles. The molecule has 2 aromatic carbocycles. The minimum atomic E-state index is -0.726. The molecule has 106 valence electrons. The third-order valence-electron chi connectivity index (χ3n) is 2.73. The maximum Gasteiger partial charge on any atom is 0.228 e. The van der Waals surface area contributed by atoms with Crippen LogP contribution in [-0.4, -0.2) is 5.91 Å². The van der Waals surface area contributed by atoms with E-state index in [-0.39, 0.29) is 16.6 Å². The first-order chi connectivity index (χ1) is 9.99. The monoisotopic (exact) mass is 350 g/mol. The molecule has 0 heterocycles. The van der Waals surface area contributed by atoms with Gasteiger partial charge in [0, 0.05) is 6.07 Å². The Labute approximate surface area is 128 Å². The van der Waals surface area contributed by atoms with Crippen LogP contribution in [0.15, 0.2) is 40.9 Å². The summed E-state index contributed by atoms with van der Waals surface area (Å²) in [4.78, 5) is 11.8. The molecule has 0 bridgehead atoms. The van der Waals surface area contributed by atoms with Crippen LogP contribution < -0.4 is 5.32 Å². The molecule has 0 aliphatic rings. The van der Waals surface area contributed by atoms with Crippen LogP contribution >= 0.6 is 15.9 Å². The second-order valence-electron chi connectivity index (χ2n) is 4.28. The summed E-state index contributed by atoms with van der Waals surface area (Å²) in [6.45, 7) is 0. The third-order valence-corrected chi connectivity index (χ3v) is 3.34.